The molecule has 1 amide bonds. The topological polar surface area (TPSA) is 32.3 Å². The summed E-state index contributed by atoms with van der Waals surface area (Å²) in [6.45, 7) is 0.429. The molecule has 0 atom stereocenters. The number of carbonyl (C=O) groups excluding carboxylic acids is 1. The number of benzene rings is 2. The fourth-order valence-corrected chi connectivity index (χ4v) is 2.83. The van der Waals surface area contributed by atoms with Gasteiger partial charge in [0, 0.05) is 18.3 Å². The van der Waals surface area contributed by atoms with Crippen LogP contribution in [-0.2, 0) is 11.2 Å². The number of nitrogens with zero attached hydrogens (tertiary/aromatic N) is 1. The van der Waals surface area contributed by atoms with Gasteiger partial charge in [-0.1, -0.05) is 6.07 Å². The molecular formula is C17H15F3N2O. The van der Waals surface area contributed by atoms with Gasteiger partial charge >= 0.3 is 0 Å². The SMILES string of the molecule is O=C(CN1CCCc2cc(F)cc(F)c21)Nc1cccc(F)c1. The summed E-state index contributed by atoms with van der Waals surface area (Å²) in [6, 6.07) is 7.67. The predicted molar refractivity (Wildman–Crippen MR) is 81.9 cm³/mol. The highest BCUT2D eigenvalue weighted by molar-refractivity contribution is 5.94. The number of aryl methyl sites for hydroxylation is 1. The van der Waals surface area contributed by atoms with Crippen LogP contribution in [0.5, 0.6) is 0 Å². The maximum Gasteiger partial charge on any atom is 0.243 e. The molecule has 0 saturated carbocycles. The molecule has 0 saturated heterocycles. The normalized spacial score (nSPS) is 13.6. The minimum absolute atomic E-state index is 0.0773. The van der Waals surface area contributed by atoms with Gasteiger partial charge in [-0.3, -0.25) is 4.79 Å². The molecule has 1 aliphatic rings. The Labute approximate surface area is 131 Å². The van der Waals surface area contributed by atoms with Gasteiger partial charge < -0.3 is 10.2 Å². The lowest BCUT2D eigenvalue weighted by Gasteiger charge is -2.31. The van der Waals surface area contributed by atoms with Crippen molar-refractivity contribution in [3.05, 3.63) is 59.4 Å². The van der Waals surface area contributed by atoms with Gasteiger partial charge in [0.05, 0.1) is 12.2 Å². The molecule has 120 valence electrons. The van der Waals surface area contributed by atoms with Gasteiger partial charge in [0.25, 0.3) is 0 Å². The Morgan fingerprint density at radius 1 is 1.13 bits per heavy atom. The van der Waals surface area contributed by atoms with E-state index in [1.165, 1.54) is 24.3 Å². The van der Waals surface area contributed by atoms with Crippen molar-refractivity contribution in [3.63, 3.8) is 0 Å². The molecule has 0 aromatic heterocycles. The Hall–Kier alpha value is -2.50. The van der Waals surface area contributed by atoms with Crippen molar-refractivity contribution in [1.82, 2.24) is 0 Å². The zero-order chi connectivity index (χ0) is 16.4. The number of rotatable bonds is 3. The van der Waals surface area contributed by atoms with Gasteiger partial charge in [-0.2, -0.15) is 0 Å². The van der Waals surface area contributed by atoms with Crippen molar-refractivity contribution in [3.8, 4) is 0 Å². The van der Waals surface area contributed by atoms with Crippen LogP contribution < -0.4 is 10.2 Å². The number of nitrogens with one attached hydrogen (secondary N) is 1. The van der Waals surface area contributed by atoms with Crippen LogP contribution in [-0.4, -0.2) is 19.0 Å². The van der Waals surface area contributed by atoms with Gasteiger partial charge in [0.2, 0.25) is 5.91 Å². The minimum atomic E-state index is -0.668. The maximum atomic E-state index is 14.0. The smallest absolute Gasteiger partial charge is 0.243 e. The lowest BCUT2D eigenvalue weighted by Crippen LogP contribution is -2.37. The molecule has 23 heavy (non-hydrogen) atoms. The summed E-state index contributed by atoms with van der Waals surface area (Å²) in [7, 11) is 0. The number of fused-ring (bicyclic) bond motifs is 1. The van der Waals surface area contributed by atoms with E-state index in [1.807, 2.05) is 0 Å². The predicted octanol–water partition coefficient (Wildman–Crippen LogP) is 3.50. The van der Waals surface area contributed by atoms with Crippen LogP contribution in [0.25, 0.3) is 0 Å². The highest BCUT2D eigenvalue weighted by atomic mass is 19.1. The molecule has 3 rings (SSSR count). The second-order valence-corrected chi connectivity index (χ2v) is 5.48. The second-order valence-electron chi connectivity index (χ2n) is 5.48. The quantitative estimate of drug-likeness (QED) is 0.939. The summed E-state index contributed by atoms with van der Waals surface area (Å²) >= 11 is 0. The van der Waals surface area contributed by atoms with Crippen molar-refractivity contribution in [2.45, 2.75) is 12.8 Å². The Morgan fingerprint density at radius 3 is 2.74 bits per heavy atom. The van der Waals surface area contributed by atoms with E-state index in [1.54, 1.807) is 11.0 Å². The average molecular weight is 320 g/mol. The number of carbonyl (C=O) groups is 1. The fraction of sp³-hybridized carbons (Fsp3) is 0.235. The molecule has 2 aromatic rings. The van der Waals surface area contributed by atoms with Crippen LogP contribution in [0.1, 0.15) is 12.0 Å². The molecule has 6 heteroatoms. The summed E-state index contributed by atoms with van der Waals surface area (Å²) in [4.78, 5) is 13.7. The second kappa shape index (κ2) is 6.32. The summed E-state index contributed by atoms with van der Waals surface area (Å²) in [5.74, 6) is -2.12. The lowest BCUT2D eigenvalue weighted by atomic mass is 10.0. The fourth-order valence-electron chi connectivity index (χ4n) is 2.83. The first-order valence-electron chi connectivity index (χ1n) is 7.31. The summed E-state index contributed by atoms with van der Waals surface area (Å²) in [6.07, 6.45) is 1.29. The van der Waals surface area contributed by atoms with Crippen LogP contribution in [0.15, 0.2) is 36.4 Å². The first-order valence-corrected chi connectivity index (χ1v) is 7.31. The van der Waals surface area contributed by atoms with Crippen molar-refractivity contribution in [2.24, 2.45) is 0 Å². The number of amides is 1. The molecule has 0 spiro atoms. The molecule has 0 bridgehead atoms. The van der Waals surface area contributed by atoms with E-state index in [2.05, 4.69) is 5.32 Å². The maximum absolute atomic E-state index is 14.0. The standard InChI is InChI=1S/C17H15F3N2O/c18-12-4-1-5-14(8-12)21-16(23)10-22-6-2-3-11-7-13(19)9-15(20)17(11)22/h1,4-5,7-9H,2-3,6,10H2,(H,21,23). The molecule has 3 nitrogen and oxygen atoms in total. The molecule has 0 unspecified atom stereocenters. The van der Waals surface area contributed by atoms with Crippen molar-refractivity contribution >= 4 is 17.3 Å². The first-order chi connectivity index (χ1) is 11.0. The van der Waals surface area contributed by atoms with E-state index in [0.29, 0.717) is 30.6 Å². The van der Waals surface area contributed by atoms with Gasteiger partial charge in [0.15, 0.2) is 0 Å². The summed E-state index contributed by atoms with van der Waals surface area (Å²) < 4.78 is 40.5. The Kier molecular flexibility index (Phi) is 4.23. The van der Waals surface area contributed by atoms with E-state index in [9.17, 15) is 18.0 Å². The van der Waals surface area contributed by atoms with Crippen LogP contribution in [0, 0.1) is 17.5 Å². The molecule has 1 N–H and O–H groups in total. The molecule has 0 radical (unpaired) electrons. The number of anilines is 2. The van der Waals surface area contributed by atoms with E-state index in [-0.39, 0.29) is 18.1 Å². The van der Waals surface area contributed by atoms with Crippen LogP contribution in [0.4, 0.5) is 24.5 Å². The Bertz CT molecular complexity index is 749. The average Bonchev–Trinajstić information content (AvgIpc) is 2.46. The lowest BCUT2D eigenvalue weighted by molar-refractivity contribution is -0.115. The van der Waals surface area contributed by atoms with Crippen molar-refractivity contribution < 1.29 is 18.0 Å². The van der Waals surface area contributed by atoms with Crippen molar-refractivity contribution in [2.75, 3.05) is 23.3 Å². The molecule has 1 aliphatic heterocycles. The zero-order valence-electron chi connectivity index (χ0n) is 12.3. The highest BCUT2D eigenvalue weighted by Gasteiger charge is 2.23. The number of hydrogen-bond acceptors (Lipinski definition) is 2. The Morgan fingerprint density at radius 2 is 1.96 bits per heavy atom. The van der Waals surface area contributed by atoms with Gasteiger partial charge in [-0.15, -0.1) is 0 Å². The highest BCUT2D eigenvalue weighted by Crippen LogP contribution is 2.30. The third-order valence-electron chi connectivity index (χ3n) is 3.74. The molecule has 1 heterocycles. The van der Waals surface area contributed by atoms with E-state index in [0.717, 1.165) is 6.07 Å². The van der Waals surface area contributed by atoms with Crippen LogP contribution in [0.2, 0.25) is 0 Å². The largest absolute Gasteiger partial charge is 0.360 e. The molecule has 0 fully saturated rings. The van der Waals surface area contributed by atoms with Crippen molar-refractivity contribution in [1.29, 1.82) is 0 Å². The molecule has 2 aromatic carbocycles. The minimum Gasteiger partial charge on any atom is -0.360 e. The first kappa shape index (κ1) is 15.4. The third-order valence-corrected chi connectivity index (χ3v) is 3.74. The monoisotopic (exact) mass is 320 g/mol. The van der Waals surface area contributed by atoms with Gasteiger partial charge in [0.1, 0.15) is 17.5 Å². The Balaban J connectivity index is 1.76. The molecular weight excluding hydrogens is 305 g/mol. The molecule has 0 aliphatic carbocycles. The van der Waals surface area contributed by atoms with Crippen LogP contribution in [0.3, 0.4) is 0 Å². The van der Waals surface area contributed by atoms with Gasteiger partial charge in [-0.05, 0) is 42.7 Å². The third kappa shape index (κ3) is 3.47. The van der Waals surface area contributed by atoms with E-state index >= 15 is 0 Å². The van der Waals surface area contributed by atoms with Gasteiger partial charge in [-0.25, -0.2) is 13.2 Å². The summed E-state index contributed by atoms with van der Waals surface area (Å²) in [5.41, 5.74) is 1.17. The number of hydrogen-bond donors (Lipinski definition) is 1. The van der Waals surface area contributed by atoms with E-state index in [4.69, 9.17) is 0 Å². The zero-order valence-corrected chi connectivity index (χ0v) is 12.3. The summed E-state index contributed by atoms with van der Waals surface area (Å²) in [5, 5.41) is 2.57. The van der Waals surface area contributed by atoms with Crippen LogP contribution >= 0.6 is 0 Å². The number of halogens is 3. The van der Waals surface area contributed by atoms with E-state index < -0.39 is 17.5 Å².